The summed E-state index contributed by atoms with van der Waals surface area (Å²) in [5.74, 6) is 4.87. The van der Waals surface area contributed by atoms with Gasteiger partial charge in [-0.25, -0.2) is 10.6 Å². The molecule has 0 aromatic carbocycles. The molecule has 1 aromatic heterocycles. The fourth-order valence-corrected chi connectivity index (χ4v) is 2.42. The Morgan fingerprint density at radius 3 is 2.73 bits per heavy atom. The average Bonchev–Trinajstić information content (AvgIpc) is 3.02. The second kappa shape index (κ2) is 7.66. The monoisotopic (exact) mass is 309 g/mol. The second-order valence-electron chi connectivity index (χ2n) is 5.06. The number of furan rings is 1. The molecule has 0 aliphatic carbocycles. The zero-order valence-corrected chi connectivity index (χ0v) is 12.2. The molecule has 1 fully saturated rings. The number of carbonyl (C=O) groups is 1. The van der Waals surface area contributed by atoms with Crippen LogP contribution in [0.3, 0.4) is 0 Å². The third kappa shape index (κ3) is 4.37. The fraction of sp³-hybridized carbons (Fsp3) is 0.538. The van der Waals surface area contributed by atoms with E-state index in [1.54, 1.807) is 0 Å². The Balaban J connectivity index is 2.09. The summed E-state index contributed by atoms with van der Waals surface area (Å²) in [6.07, 6.45) is 4.00. The number of hydrogen-bond donors (Lipinski definition) is 2. The summed E-state index contributed by atoms with van der Waals surface area (Å²) in [6.45, 7) is 2.73. The lowest BCUT2D eigenvalue weighted by molar-refractivity contribution is -0.402. The van der Waals surface area contributed by atoms with Crippen molar-refractivity contribution in [3.8, 4) is 0 Å². The van der Waals surface area contributed by atoms with Gasteiger partial charge in [0.2, 0.25) is 0 Å². The smallest absolute Gasteiger partial charge is 0.399 e. The number of rotatable bonds is 5. The fourth-order valence-electron chi connectivity index (χ4n) is 2.42. The van der Waals surface area contributed by atoms with E-state index in [1.165, 1.54) is 18.6 Å². The molecule has 0 bridgehead atoms. The molecule has 2 amide bonds. The number of likely N-dealkylation sites (tertiary alicyclic amines) is 1. The number of nitro groups is 1. The van der Waals surface area contributed by atoms with Gasteiger partial charge < -0.3 is 9.32 Å². The molecule has 0 spiro atoms. The Labute approximate surface area is 127 Å². The highest BCUT2D eigenvalue weighted by Crippen LogP contribution is 2.18. The first-order chi connectivity index (χ1) is 10.6. The molecule has 0 unspecified atom stereocenters. The van der Waals surface area contributed by atoms with Crippen LogP contribution < -0.4 is 11.3 Å². The lowest BCUT2D eigenvalue weighted by Gasteiger charge is -2.26. The number of hydrazine groups is 1. The van der Waals surface area contributed by atoms with Crippen molar-refractivity contribution in [3.63, 3.8) is 0 Å². The number of nitrogens with zero attached hydrogens (tertiary/aromatic N) is 3. The molecule has 2 rings (SSSR count). The van der Waals surface area contributed by atoms with E-state index in [4.69, 9.17) is 10.3 Å². The maximum atomic E-state index is 11.4. The van der Waals surface area contributed by atoms with Gasteiger partial charge in [-0.05, 0) is 32.0 Å². The van der Waals surface area contributed by atoms with Crippen LogP contribution in [0, 0.1) is 10.1 Å². The number of piperidine rings is 1. The first-order valence-corrected chi connectivity index (χ1v) is 7.15. The van der Waals surface area contributed by atoms with Gasteiger partial charge >= 0.3 is 11.9 Å². The number of nitrogens with one attached hydrogen (secondary N) is 1. The number of nitrogens with two attached hydrogens (primary N) is 1. The molecule has 9 heteroatoms. The third-order valence-corrected chi connectivity index (χ3v) is 3.53. The van der Waals surface area contributed by atoms with Crippen molar-refractivity contribution in [3.05, 3.63) is 28.0 Å². The molecule has 2 heterocycles. The van der Waals surface area contributed by atoms with Gasteiger partial charge in [0, 0.05) is 13.0 Å². The Hall–Kier alpha value is -2.26. The van der Waals surface area contributed by atoms with Gasteiger partial charge in [-0.2, -0.15) is 4.99 Å². The molecule has 0 radical (unpaired) electrons. The zero-order valence-electron chi connectivity index (χ0n) is 12.2. The van der Waals surface area contributed by atoms with Gasteiger partial charge in [-0.1, -0.05) is 6.42 Å². The number of amides is 2. The zero-order chi connectivity index (χ0) is 15.9. The van der Waals surface area contributed by atoms with Crippen LogP contribution in [0.5, 0.6) is 0 Å². The Morgan fingerprint density at radius 2 is 2.14 bits per heavy atom. The van der Waals surface area contributed by atoms with Crippen molar-refractivity contribution < 1.29 is 14.1 Å². The molecule has 1 aliphatic heterocycles. The quantitative estimate of drug-likeness (QED) is 0.278. The largest absolute Gasteiger partial charge is 0.433 e. The standard InChI is InChI=1S/C13H19N5O4/c14-16-13(19)15-10(6-9-17-7-2-1-3-8-17)11-4-5-12(22-11)18(20)21/h4-5H,1-3,6-9,14H2,(H,16,19)/b15-10+. The summed E-state index contributed by atoms with van der Waals surface area (Å²) in [5, 5.41) is 10.7. The van der Waals surface area contributed by atoms with Crippen LogP contribution in [0.4, 0.5) is 10.7 Å². The van der Waals surface area contributed by atoms with E-state index in [9.17, 15) is 14.9 Å². The van der Waals surface area contributed by atoms with Crippen LogP contribution in [0.1, 0.15) is 31.4 Å². The van der Waals surface area contributed by atoms with Gasteiger partial charge in [0.05, 0.1) is 11.8 Å². The first kappa shape index (κ1) is 16.1. The Bertz CT molecular complexity index is 563. The number of hydrogen-bond acceptors (Lipinski definition) is 6. The molecular formula is C13H19N5O4. The van der Waals surface area contributed by atoms with E-state index < -0.39 is 11.0 Å². The topological polar surface area (TPSA) is 127 Å². The van der Waals surface area contributed by atoms with E-state index >= 15 is 0 Å². The normalized spacial score (nSPS) is 16.5. The van der Waals surface area contributed by atoms with Crippen LogP contribution in [0.15, 0.2) is 21.5 Å². The summed E-state index contributed by atoms with van der Waals surface area (Å²) in [5.41, 5.74) is 2.27. The van der Waals surface area contributed by atoms with Gasteiger partial charge in [0.15, 0.2) is 5.76 Å². The summed E-state index contributed by atoms with van der Waals surface area (Å²) >= 11 is 0. The van der Waals surface area contributed by atoms with Crippen LogP contribution >= 0.6 is 0 Å². The van der Waals surface area contributed by atoms with E-state index in [2.05, 4.69) is 9.89 Å². The molecule has 0 saturated carbocycles. The van der Waals surface area contributed by atoms with Gasteiger partial charge in [-0.3, -0.25) is 15.5 Å². The average molecular weight is 309 g/mol. The minimum atomic E-state index is -0.715. The van der Waals surface area contributed by atoms with Crippen LogP contribution in [-0.4, -0.2) is 41.2 Å². The lowest BCUT2D eigenvalue weighted by atomic mass is 10.1. The van der Waals surface area contributed by atoms with Crippen molar-refractivity contribution in [2.75, 3.05) is 19.6 Å². The number of aliphatic imine (C=N–C) groups is 1. The van der Waals surface area contributed by atoms with Crippen LogP contribution in [-0.2, 0) is 0 Å². The Kier molecular flexibility index (Phi) is 5.61. The Morgan fingerprint density at radius 1 is 1.41 bits per heavy atom. The van der Waals surface area contributed by atoms with E-state index in [0.29, 0.717) is 18.7 Å². The van der Waals surface area contributed by atoms with Gasteiger partial charge in [0.25, 0.3) is 0 Å². The number of urea groups is 1. The summed E-state index contributed by atoms with van der Waals surface area (Å²) in [7, 11) is 0. The van der Waals surface area contributed by atoms with Crippen molar-refractivity contribution in [1.82, 2.24) is 10.3 Å². The van der Waals surface area contributed by atoms with Gasteiger partial charge in [-0.15, -0.1) is 0 Å². The highest BCUT2D eigenvalue weighted by atomic mass is 16.6. The molecule has 22 heavy (non-hydrogen) atoms. The lowest BCUT2D eigenvalue weighted by Crippen LogP contribution is -2.32. The first-order valence-electron chi connectivity index (χ1n) is 7.15. The molecule has 0 atom stereocenters. The second-order valence-corrected chi connectivity index (χ2v) is 5.06. The highest BCUT2D eigenvalue weighted by Gasteiger charge is 2.18. The van der Waals surface area contributed by atoms with E-state index in [-0.39, 0.29) is 11.6 Å². The van der Waals surface area contributed by atoms with Crippen LogP contribution in [0.25, 0.3) is 0 Å². The predicted molar refractivity (Wildman–Crippen MR) is 79.5 cm³/mol. The minimum absolute atomic E-state index is 0.215. The minimum Gasteiger partial charge on any atom is -0.399 e. The molecule has 1 aromatic rings. The predicted octanol–water partition coefficient (Wildman–Crippen LogP) is 1.44. The summed E-state index contributed by atoms with van der Waals surface area (Å²) < 4.78 is 5.12. The van der Waals surface area contributed by atoms with Crippen molar-refractivity contribution >= 4 is 17.6 Å². The highest BCUT2D eigenvalue weighted by molar-refractivity contribution is 6.04. The van der Waals surface area contributed by atoms with Gasteiger partial charge in [0.1, 0.15) is 4.92 Å². The molecular weight excluding hydrogens is 290 g/mol. The molecule has 1 aliphatic rings. The van der Waals surface area contributed by atoms with Crippen LogP contribution in [0.2, 0.25) is 0 Å². The van der Waals surface area contributed by atoms with Crippen molar-refractivity contribution in [1.29, 1.82) is 0 Å². The summed E-state index contributed by atoms with van der Waals surface area (Å²) in [6, 6.07) is 1.97. The van der Waals surface area contributed by atoms with E-state index in [1.807, 2.05) is 5.43 Å². The molecule has 1 saturated heterocycles. The summed E-state index contributed by atoms with van der Waals surface area (Å²) in [4.78, 5) is 27.5. The van der Waals surface area contributed by atoms with Crippen molar-refractivity contribution in [2.45, 2.75) is 25.7 Å². The molecule has 9 nitrogen and oxygen atoms in total. The SMILES string of the molecule is NNC(=O)/N=C(\CCN1CCCCC1)c1ccc([N+](=O)[O-])o1. The number of carbonyl (C=O) groups excluding carboxylic acids is 1. The third-order valence-electron chi connectivity index (χ3n) is 3.53. The molecule has 3 N–H and O–H groups in total. The van der Waals surface area contributed by atoms with Crippen molar-refractivity contribution in [2.24, 2.45) is 10.8 Å². The maximum Gasteiger partial charge on any atom is 0.433 e. The van der Waals surface area contributed by atoms with E-state index in [0.717, 1.165) is 25.9 Å². The maximum absolute atomic E-state index is 11.4. The molecule has 120 valence electrons.